The Morgan fingerprint density at radius 3 is 2.12 bits per heavy atom. The molecule has 34 heavy (non-hydrogen) atoms. The Labute approximate surface area is 202 Å². The molecule has 2 aliphatic heterocycles. The lowest BCUT2D eigenvalue weighted by molar-refractivity contribution is -0.680. The van der Waals surface area contributed by atoms with E-state index in [2.05, 4.69) is 29.2 Å². The number of rotatable bonds is 3. The molecule has 8 rings (SSSR count). The van der Waals surface area contributed by atoms with Gasteiger partial charge in [-0.05, 0) is 86.7 Å². The summed E-state index contributed by atoms with van der Waals surface area (Å²) in [5.74, 6) is 1.39. The maximum atomic E-state index is 13.4. The Kier molecular flexibility index (Phi) is 5.55. The number of hydrogen-bond acceptors (Lipinski definition) is 5. The van der Waals surface area contributed by atoms with Crippen LogP contribution in [-0.2, 0) is 26.1 Å². The average Bonchev–Trinajstić information content (AvgIpc) is 2.85. The van der Waals surface area contributed by atoms with Crippen molar-refractivity contribution in [1.29, 1.82) is 0 Å². The fourth-order valence-electron chi connectivity index (χ4n) is 8.27. The minimum Gasteiger partial charge on any atom is -0.299 e. The Bertz CT molecular complexity index is 845. The third kappa shape index (κ3) is 3.85. The number of benzene rings is 1. The minimum absolute atomic E-state index is 0.366. The third-order valence-corrected chi connectivity index (χ3v) is 9.97. The summed E-state index contributed by atoms with van der Waals surface area (Å²) in [5.41, 5.74) is 2.62. The maximum Gasteiger partial charge on any atom is 0.239 e. The SMILES string of the molecule is FC1CCN(Cc2ccc(C3CCCC4(C3)OOC3(OO4)C4CC5CC(C4)CC3C5)cc2)CC1. The summed E-state index contributed by atoms with van der Waals surface area (Å²) in [6.07, 6.45) is 10.6. The number of nitrogens with zero attached hydrogens (tertiary/aromatic N) is 1. The van der Waals surface area contributed by atoms with Gasteiger partial charge in [0.15, 0.2) is 0 Å². The second kappa shape index (κ2) is 8.52. The van der Waals surface area contributed by atoms with E-state index < -0.39 is 17.7 Å². The second-order valence-corrected chi connectivity index (χ2v) is 12.3. The van der Waals surface area contributed by atoms with Crippen molar-refractivity contribution in [3.63, 3.8) is 0 Å². The molecule has 0 aromatic heterocycles. The second-order valence-electron chi connectivity index (χ2n) is 12.3. The van der Waals surface area contributed by atoms with Crippen molar-refractivity contribution in [2.75, 3.05) is 13.1 Å². The molecule has 0 amide bonds. The zero-order valence-corrected chi connectivity index (χ0v) is 20.1. The Hall–Kier alpha value is -1.05. The van der Waals surface area contributed by atoms with Crippen LogP contribution in [0.15, 0.2) is 24.3 Å². The highest BCUT2D eigenvalue weighted by Gasteiger charge is 2.64. The van der Waals surface area contributed by atoms with E-state index in [0.29, 0.717) is 30.6 Å². The zero-order chi connectivity index (χ0) is 22.8. The largest absolute Gasteiger partial charge is 0.299 e. The van der Waals surface area contributed by atoms with Crippen molar-refractivity contribution in [1.82, 2.24) is 4.90 Å². The molecule has 2 spiro atoms. The van der Waals surface area contributed by atoms with Crippen LogP contribution in [0.5, 0.6) is 0 Å². The highest BCUT2D eigenvalue weighted by Crippen LogP contribution is 2.62. The fourth-order valence-corrected chi connectivity index (χ4v) is 8.27. The molecule has 7 fully saturated rings. The van der Waals surface area contributed by atoms with E-state index in [1.165, 1.54) is 43.2 Å². The van der Waals surface area contributed by atoms with Crippen LogP contribution in [0.1, 0.15) is 87.7 Å². The number of likely N-dealkylation sites (tertiary alicyclic amines) is 1. The first kappa shape index (κ1) is 22.2. The van der Waals surface area contributed by atoms with Crippen molar-refractivity contribution in [2.24, 2.45) is 23.7 Å². The van der Waals surface area contributed by atoms with E-state index in [0.717, 1.165) is 57.2 Å². The Balaban J connectivity index is 0.993. The first-order valence-corrected chi connectivity index (χ1v) is 13.8. The molecular formula is C28H38FNO4. The summed E-state index contributed by atoms with van der Waals surface area (Å²) in [4.78, 5) is 27.2. The smallest absolute Gasteiger partial charge is 0.239 e. The molecule has 2 saturated heterocycles. The lowest BCUT2D eigenvalue weighted by Gasteiger charge is -2.60. The fraction of sp³-hybridized carbons (Fsp3) is 0.786. The predicted molar refractivity (Wildman–Crippen MR) is 124 cm³/mol. The molecule has 1 aromatic rings. The molecule has 5 nitrogen and oxygen atoms in total. The summed E-state index contributed by atoms with van der Waals surface area (Å²) < 4.78 is 13.4. The van der Waals surface area contributed by atoms with Gasteiger partial charge in [-0.1, -0.05) is 24.3 Å². The molecule has 2 heterocycles. The Morgan fingerprint density at radius 2 is 1.47 bits per heavy atom. The van der Waals surface area contributed by atoms with Crippen molar-refractivity contribution in [3.05, 3.63) is 35.4 Å². The summed E-state index contributed by atoms with van der Waals surface area (Å²) in [6, 6.07) is 8.98. The Morgan fingerprint density at radius 1 is 0.824 bits per heavy atom. The number of halogens is 1. The van der Waals surface area contributed by atoms with Gasteiger partial charge in [0, 0.05) is 44.3 Å². The van der Waals surface area contributed by atoms with Crippen LogP contribution in [0.25, 0.3) is 0 Å². The van der Waals surface area contributed by atoms with Crippen LogP contribution in [0.4, 0.5) is 4.39 Å². The molecule has 4 bridgehead atoms. The van der Waals surface area contributed by atoms with Crippen LogP contribution in [-0.4, -0.2) is 35.7 Å². The van der Waals surface area contributed by atoms with Gasteiger partial charge in [0.2, 0.25) is 11.6 Å². The quantitative estimate of drug-likeness (QED) is 0.503. The predicted octanol–water partition coefficient (Wildman–Crippen LogP) is 6.04. The zero-order valence-electron chi connectivity index (χ0n) is 20.1. The van der Waals surface area contributed by atoms with E-state index in [9.17, 15) is 4.39 Å². The van der Waals surface area contributed by atoms with Crippen LogP contribution >= 0.6 is 0 Å². The standard InChI is InChI=1S/C28H38FNO4/c29-26-7-10-30(11-8-26)18-19-3-5-22(6-4-19)23-2-1-9-27(17-23)31-33-28(34-32-27)24-13-20-12-21(15-24)16-25(28)14-20/h3-6,20-21,23-26H,1-2,7-18H2. The molecular weight excluding hydrogens is 433 g/mol. The van der Waals surface area contributed by atoms with E-state index >= 15 is 0 Å². The molecule has 1 atom stereocenters. The molecule has 0 radical (unpaired) electrons. The van der Waals surface area contributed by atoms with Crippen molar-refractivity contribution in [2.45, 2.75) is 101 Å². The molecule has 186 valence electrons. The lowest BCUT2D eigenvalue weighted by atomic mass is 9.53. The molecule has 0 N–H and O–H groups in total. The van der Waals surface area contributed by atoms with E-state index in [1.807, 2.05) is 0 Å². The topological polar surface area (TPSA) is 40.2 Å². The average molecular weight is 472 g/mol. The van der Waals surface area contributed by atoms with Crippen LogP contribution in [0.3, 0.4) is 0 Å². The van der Waals surface area contributed by atoms with Crippen molar-refractivity contribution < 1.29 is 23.9 Å². The number of hydrogen-bond donors (Lipinski definition) is 0. The first-order valence-electron chi connectivity index (χ1n) is 13.8. The first-order chi connectivity index (χ1) is 16.6. The molecule has 1 unspecified atom stereocenters. The summed E-state index contributed by atoms with van der Waals surface area (Å²) in [5, 5.41) is 0. The number of alkyl halides is 1. The molecule has 5 aliphatic carbocycles. The monoisotopic (exact) mass is 471 g/mol. The lowest BCUT2D eigenvalue weighted by Crippen LogP contribution is -2.64. The minimum atomic E-state index is -0.793. The van der Waals surface area contributed by atoms with Crippen LogP contribution < -0.4 is 0 Å². The van der Waals surface area contributed by atoms with Gasteiger partial charge in [-0.2, -0.15) is 19.6 Å². The van der Waals surface area contributed by atoms with E-state index in [-0.39, 0.29) is 0 Å². The van der Waals surface area contributed by atoms with Gasteiger partial charge in [0.1, 0.15) is 6.17 Å². The summed E-state index contributed by atoms with van der Waals surface area (Å²) in [7, 11) is 0. The molecule has 5 saturated carbocycles. The van der Waals surface area contributed by atoms with Crippen molar-refractivity contribution in [3.8, 4) is 0 Å². The summed E-state index contributed by atoms with van der Waals surface area (Å²) in [6.45, 7) is 2.61. The van der Waals surface area contributed by atoms with Gasteiger partial charge in [-0.15, -0.1) is 0 Å². The molecule has 7 aliphatic rings. The summed E-state index contributed by atoms with van der Waals surface area (Å²) >= 11 is 0. The highest BCUT2D eigenvalue weighted by atomic mass is 19.1. The van der Waals surface area contributed by atoms with Gasteiger partial charge in [0.05, 0.1) is 0 Å². The maximum absolute atomic E-state index is 13.4. The number of piperidine rings is 1. The van der Waals surface area contributed by atoms with Gasteiger partial charge in [-0.25, -0.2) is 4.39 Å². The van der Waals surface area contributed by atoms with E-state index in [1.54, 1.807) is 0 Å². The van der Waals surface area contributed by atoms with Gasteiger partial charge in [0.25, 0.3) is 0 Å². The van der Waals surface area contributed by atoms with Crippen LogP contribution in [0.2, 0.25) is 0 Å². The molecule has 1 aromatic carbocycles. The van der Waals surface area contributed by atoms with Gasteiger partial charge in [-0.3, -0.25) is 4.90 Å². The molecule has 6 heteroatoms. The highest BCUT2D eigenvalue weighted by molar-refractivity contribution is 5.26. The van der Waals surface area contributed by atoms with Crippen molar-refractivity contribution >= 4 is 0 Å². The third-order valence-electron chi connectivity index (χ3n) is 9.97. The normalized spacial score (nSPS) is 44.8. The van der Waals surface area contributed by atoms with Crippen LogP contribution in [0, 0.1) is 23.7 Å². The van der Waals surface area contributed by atoms with Gasteiger partial charge < -0.3 is 0 Å². The van der Waals surface area contributed by atoms with E-state index in [4.69, 9.17) is 19.6 Å². The van der Waals surface area contributed by atoms with Gasteiger partial charge >= 0.3 is 0 Å².